The highest BCUT2D eigenvalue weighted by atomic mass is 16.5. The SMILES string of the molecule is CC(C)N1CC2(CN(Cc3ccccc3)CC3COCCN32)C1. The van der Waals surface area contributed by atoms with Gasteiger partial charge in [-0.25, -0.2) is 0 Å². The molecule has 3 saturated heterocycles. The molecule has 0 radical (unpaired) electrons. The quantitative estimate of drug-likeness (QED) is 0.844. The van der Waals surface area contributed by atoms with Crippen molar-refractivity contribution >= 4 is 0 Å². The number of rotatable bonds is 3. The van der Waals surface area contributed by atoms with Crippen LogP contribution >= 0.6 is 0 Å². The topological polar surface area (TPSA) is 19.0 Å². The van der Waals surface area contributed by atoms with Crippen molar-refractivity contribution in [3.63, 3.8) is 0 Å². The fourth-order valence-electron chi connectivity index (χ4n) is 4.62. The average Bonchev–Trinajstić information content (AvgIpc) is 2.52. The predicted molar refractivity (Wildman–Crippen MR) is 92.5 cm³/mol. The Hall–Kier alpha value is -0.940. The van der Waals surface area contributed by atoms with Gasteiger partial charge in [-0.2, -0.15) is 0 Å². The van der Waals surface area contributed by atoms with E-state index in [1.807, 2.05) is 0 Å². The number of hydrogen-bond acceptors (Lipinski definition) is 4. The largest absolute Gasteiger partial charge is 0.378 e. The molecule has 0 aromatic heterocycles. The maximum Gasteiger partial charge on any atom is 0.0635 e. The van der Waals surface area contributed by atoms with Crippen molar-refractivity contribution in [1.29, 1.82) is 0 Å². The number of fused-ring (bicyclic) bond motifs is 2. The number of piperazine rings is 1. The zero-order chi connectivity index (χ0) is 15.9. The summed E-state index contributed by atoms with van der Waals surface area (Å²) in [7, 11) is 0. The Labute approximate surface area is 140 Å². The average molecular weight is 315 g/mol. The van der Waals surface area contributed by atoms with Gasteiger partial charge < -0.3 is 4.74 Å². The summed E-state index contributed by atoms with van der Waals surface area (Å²) in [6.45, 7) is 13.4. The second kappa shape index (κ2) is 6.17. The van der Waals surface area contributed by atoms with E-state index in [4.69, 9.17) is 4.74 Å². The molecule has 1 atom stereocenters. The van der Waals surface area contributed by atoms with Gasteiger partial charge in [0.2, 0.25) is 0 Å². The Kier molecular flexibility index (Phi) is 4.18. The van der Waals surface area contributed by atoms with Crippen molar-refractivity contribution in [2.75, 3.05) is 45.9 Å². The molecule has 1 spiro atoms. The molecule has 4 rings (SSSR count). The fraction of sp³-hybridized carbons (Fsp3) is 0.684. The van der Waals surface area contributed by atoms with E-state index in [0.717, 1.165) is 32.8 Å². The molecular formula is C19H29N3O. The molecule has 1 unspecified atom stereocenters. The van der Waals surface area contributed by atoms with Crippen molar-refractivity contribution in [1.82, 2.24) is 14.7 Å². The van der Waals surface area contributed by atoms with E-state index >= 15 is 0 Å². The van der Waals surface area contributed by atoms with Gasteiger partial charge in [-0.05, 0) is 19.4 Å². The Bertz CT molecular complexity index is 527. The number of ether oxygens (including phenoxy) is 1. The summed E-state index contributed by atoms with van der Waals surface area (Å²) in [5, 5.41) is 0. The monoisotopic (exact) mass is 315 g/mol. The van der Waals surface area contributed by atoms with E-state index in [1.165, 1.54) is 25.2 Å². The van der Waals surface area contributed by atoms with Crippen LogP contribution in [-0.4, -0.2) is 78.3 Å². The van der Waals surface area contributed by atoms with Crippen molar-refractivity contribution in [2.24, 2.45) is 0 Å². The number of benzene rings is 1. The molecule has 4 heteroatoms. The first-order valence-electron chi connectivity index (χ1n) is 9.01. The molecule has 0 N–H and O–H groups in total. The standard InChI is InChI=1S/C19H29N3O/c1-16(2)21-14-19(15-21)13-20(10-17-6-4-3-5-7-17)11-18-12-23-9-8-22(18)19/h3-7,16,18H,8-15H2,1-2H3. The Morgan fingerprint density at radius 1 is 1.17 bits per heavy atom. The van der Waals surface area contributed by atoms with Crippen LogP contribution in [-0.2, 0) is 11.3 Å². The van der Waals surface area contributed by atoms with Gasteiger partial charge in [-0.1, -0.05) is 30.3 Å². The van der Waals surface area contributed by atoms with Crippen LogP contribution in [0.5, 0.6) is 0 Å². The molecule has 1 aromatic carbocycles. The van der Waals surface area contributed by atoms with E-state index < -0.39 is 0 Å². The zero-order valence-corrected chi connectivity index (χ0v) is 14.4. The Morgan fingerprint density at radius 2 is 1.96 bits per heavy atom. The number of morpholine rings is 1. The van der Waals surface area contributed by atoms with Crippen molar-refractivity contribution in [2.45, 2.75) is 38.0 Å². The van der Waals surface area contributed by atoms with Crippen LogP contribution in [0.3, 0.4) is 0 Å². The van der Waals surface area contributed by atoms with Gasteiger partial charge in [0, 0.05) is 51.4 Å². The molecule has 3 fully saturated rings. The molecule has 1 aromatic rings. The summed E-state index contributed by atoms with van der Waals surface area (Å²) in [6.07, 6.45) is 0. The van der Waals surface area contributed by atoms with Crippen LogP contribution in [0.15, 0.2) is 30.3 Å². The van der Waals surface area contributed by atoms with Gasteiger partial charge in [0.1, 0.15) is 0 Å². The van der Waals surface area contributed by atoms with Gasteiger partial charge in [0.15, 0.2) is 0 Å². The molecule has 0 bridgehead atoms. The molecule has 0 amide bonds. The lowest BCUT2D eigenvalue weighted by atomic mass is 9.81. The molecule has 4 nitrogen and oxygen atoms in total. The number of likely N-dealkylation sites (tertiary alicyclic amines) is 1. The highest BCUT2D eigenvalue weighted by Gasteiger charge is 2.54. The fourth-order valence-corrected chi connectivity index (χ4v) is 4.62. The summed E-state index contributed by atoms with van der Waals surface area (Å²) in [5.74, 6) is 0. The lowest BCUT2D eigenvalue weighted by Gasteiger charge is -2.64. The maximum atomic E-state index is 5.79. The second-order valence-corrected chi connectivity index (χ2v) is 7.80. The molecular weight excluding hydrogens is 286 g/mol. The van der Waals surface area contributed by atoms with E-state index in [1.54, 1.807) is 0 Å². The zero-order valence-electron chi connectivity index (χ0n) is 14.4. The Balaban J connectivity index is 1.50. The molecule has 3 aliphatic rings. The summed E-state index contributed by atoms with van der Waals surface area (Å²) < 4.78 is 5.79. The van der Waals surface area contributed by atoms with Gasteiger partial charge in [-0.3, -0.25) is 14.7 Å². The van der Waals surface area contributed by atoms with Crippen molar-refractivity contribution < 1.29 is 4.74 Å². The van der Waals surface area contributed by atoms with Crippen molar-refractivity contribution in [3.8, 4) is 0 Å². The van der Waals surface area contributed by atoms with Crippen molar-refractivity contribution in [3.05, 3.63) is 35.9 Å². The van der Waals surface area contributed by atoms with Gasteiger partial charge >= 0.3 is 0 Å². The van der Waals surface area contributed by atoms with Crippen LogP contribution < -0.4 is 0 Å². The van der Waals surface area contributed by atoms with Gasteiger partial charge in [0.05, 0.1) is 18.8 Å². The smallest absolute Gasteiger partial charge is 0.0635 e. The summed E-state index contributed by atoms with van der Waals surface area (Å²) in [5.41, 5.74) is 1.78. The predicted octanol–water partition coefficient (Wildman–Crippen LogP) is 1.67. The maximum absolute atomic E-state index is 5.79. The van der Waals surface area contributed by atoms with Crippen LogP contribution in [0.2, 0.25) is 0 Å². The minimum atomic E-state index is 0.353. The molecule has 3 heterocycles. The van der Waals surface area contributed by atoms with E-state index in [0.29, 0.717) is 17.6 Å². The van der Waals surface area contributed by atoms with Crippen LogP contribution in [0.4, 0.5) is 0 Å². The lowest BCUT2D eigenvalue weighted by molar-refractivity contribution is -0.172. The third kappa shape index (κ3) is 2.93. The van der Waals surface area contributed by atoms with Crippen LogP contribution in [0, 0.1) is 0 Å². The molecule has 23 heavy (non-hydrogen) atoms. The summed E-state index contributed by atoms with van der Waals surface area (Å²) in [4.78, 5) is 8.04. The first kappa shape index (κ1) is 15.6. The van der Waals surface area contributed by atoms with E-state index in [9.17, 15) is 0 Å². The molecule has 0 saturated carbocycles. The van der Waals surface area contributed by atoms with Crippen LogP contribution in [0.25, 0.3) is 0 Å². The Morgan fingerprint density at radius 3 is 2.70 bits per heavy atom. The number of hydrogen-bond donors (Lipinski definition) is 0. The minimum absolute atomic E-state index is 0.353. The molecule has 3 aliphatic heterocycles. The molecule has 126 valence electrons. The summed E-state index contributed by atoms with van der Waals surface area (Å²) >= 11 is 0. The molecule has 0 aliphatic carbocycles. The van der Waals surface area contributed by atoms with Crippen LogP contribution in [0.1, 0.15) is 19.4 Å². The highest BCUT2D eigenvalue weighted by Crippen LogP contribution is 2.36. The van der Waals surface area contributed by atoms with E-state index in [2.05, 4.69) is 58.9 Å². The van der Waals surface area contributed by atoms with E-state index in [-0.39, 0.29) is 0 Å². The first-order chi connectivity index (χ1) is 11.2. The third-order valence-electron chi connectivity index (χ3n) is 5.80. The lowest BCUT2D eigenvalue weighted by Crippen LogP contribution is -2.81. The summed E-state index contributed by atoms with van der Waals surface area (Å²) in [6, 6.07) is 12.1. The third-order valence-corrected chi connectivity index (χ3v) is 5.80. The van der Waals surface area contributed by atoms with Gasteiger partial charge in [0.25, 0.3) is 0 Å². The first-order valence-corrected chi connectivity index (χ1v) is 9.01. The highest BCUT2D eigenvalue weighted by molar-refractivity contribution is 5.17. The van der Waals surface area contributed by atoms with Gasteiger partial charge in [-0.15, -0.1) is 0 Å². The number of nitrogens with zero attached hydrogens (tertiary/aromatic N) is 3. The second-order valence-electron chi connectivity index (χ2n) is 7.80. The minimum Gasteiger partial charge on any atom is -0.378 e. The normalized spacial score (nSPS) is 28.7.